The second kappa shape index (κ2) is 5.47. The van der Waals surface area contributed by atoms with E-state index in [1.807, 2.05) is 43.3 Å². The average Bonchev–Trinajstić information content (AvgIpc) is 2.49. The maximum absolute atomic E-state index is 5.91. The van der Waals surface area contributed by atoms with Crippen LogP contribution in [-0.2, 0) is 5.88 Å². The molecular formula is C16H13ClN2O. The summed E-state index contributed by atoms with van der Waals surface area (Å²) in [4.78, 5) is 8.68. The maximum Gasteiger partial charge on any atom is 0.222 e. The van der Waals surface area contributed by atoms with Gasteiger partial charge in [-0.1, -0.05) is 18.2 Å². The first-order valence-corrected chi connectivity index (χ1v) is 6.84. The van der Waals surface area contributed by atoms with Crippen LogP contribution in [-0.4, -0.2) is 9.97 Å². The van der Waals surface area contributed by atoms with Crippen LogP contribution in [0, 0.1) is 6.92 Å². The van der Waals surface area contributed by atoms with Crippen molar-refractivity contribution in [2.24, 2.45) is 0 Å². The van der Waals surface area contributed by atoms with E-state index in [2.05, 4.69) is 9.97 Å². The molecule has 4 heteroatoms. The highest BCUT2D eigenvalue weighted by Crippen LogP contribution is 2.29. The van der Waals surface area contributed by atoms with Crippen molar-refractivity contribution in [3.8, 4) is 11.6 Å². The Balaban J connectivity index is 2.01. The Kier molecular flexibility index (Phi) is 3.52. The zero-order valence-electron chi connectivity index (χ0n) is 11.0. The Morgan fingerprint density at radius 3 is 2.80 bits per heavy atom. The van der Waals surface area contributed by atoms with E-state index < -0.39 is 0 Å². The van der Waals surface area contributed by atoms with Gasteiger partial charge in [-0.15, -0.1) is 11.6 Å². The van der Waals surface area contributed by atoms with E-state index in [-0.39, 0.29) is 0 Å². The topological polar surface area (TPSA) is 35.0 Å². The van der Waals surface area contributed by atoms with E-state index in [4.69, 9.17) is 16.3 Å². The van der Waals surface area contributed by atoms with Gasteiger partial charge in [0.2, 0.25) is 5.88 Å². The highest BCUT2D eigenvalue weighted by Gasteiger charge is 2.08. The highest BCUT2D eigenvalue weighted by molar-refractivity contribution is 6.17. The molecule has 0 spiro atoms. The van der Waals surface area contributed by atoms with Gasteiger partial charge in [-0.3, -0.25) is 4.98 Å². The van der Waals surface area contributed by atoms with Crippen molar-refractivity contribution in [2.75, 3.05) is 0 Å². The number of benzene rings is 1. The lowest BCUT2D eigenvalue weighted by atomic mass is 10.2. The van der Waals surface area contributed by atoms with E-state index in [9.17, 15) is 0 Å². The lowest BCUT2D eigenvalue weighted by Crippen LogP contribution is -1.94. The fourth-order valence-electron chi connectivity index (χ4n) is 2.06. The van der Waals surface area contributed by atoms with Crippen LogP contribution in [0.5, 0.6) is 11.6 Å². The molecule has 0 radical (unpaired) electrons. The van der Waals surface area contributed by atoms with Gasteiger partial charge in [0, 0.05) is 29.2 Å². The van der Waals surface area contributed by atoms with Crippen LogP contribution in [0.4, 0.5) is 0 Å². The van der Waals surface area contributed by atoms with Crippen molar-refractivity contribution >= 4 is 22.5 Å². The summed E-state index contributed by atoms with van der Waals surface area (Å²) >= 11 is 5.80. The number of ether oxygens (including phenoxy) is 1. The zero-order chi connectivity index (χ0) is 13.9. The van der Waals surface area contributed by atoms with Crippen LogP contribution in [0.15, 0.2) is 48.8 Å². The Labute approximate surface area is 122 Å². The van der Waals surface area contributed by atoms with Crippen molar-refractivity contribution in [1.29, 1.82) is 0 Å². The molecule has 0 amide bonds. The average molecular weight is 285 g/mol. The fourth-order valence-corrected chi connectivity index (χ4v) is 2.21. The lowest BCUT2D eigenvalue weighted by Gasteiger charge is -2.10. The molecule has 0 N–H and O–H groups in total. The number of hydrogen-bond acceptors (Lipinski definition) is 3. The largest absolute Gasteiger partial charge is 0.436 e. The molecule has 1 aromatic carbocycles. The molecule has 0 fully saturated rings. The number of aryl methyl sites for hydroxylation is 1. The molecule has 0 bridgehead atoms. The van der Waals surface area contributed by atoms with E-state index in [1.165, 1.54) is 0 Å². The van der Waals surface area contributed by atoms with Crippen LogP contribution in [0.25, 0.3) is 10.9 Å². The summed E-state index contributed by atoms with van der Waals surface area (Å²) < 4.78 is 5.91. The van der Waals surface area contributed by atoms with Gasteiger partial charge in [0.1, 0.15) is 5.52 Å². The smallest absolute Gasteiger partial charge is 0.222 e. The number of rotatable bonds is 3. The number of hydrogen-bond donors (Lipinski definition) is 0. The Hall–Kier alpha value is -2.13. The van der Waals surface area contributed by atoms with E-state index in [0.29, 0.717) is 17.5 Å². The first kappa shape index (κ1) is 12.9. The van der Waals surface area contributed by atoms with Crippen LogP contribution in [0.1, 0.15) is 11.1 Å². The second-order valence-corrected chi connectivity index (χ2v) is 4.80. The van der Waals surface area contributed by atoms with Gasteiger partial charge in [-0.25, -0.2) is 4.98 Å². The van der Waals surface area contributed by atoms with Crippen LogP contribution in [0.3, 0.4) is 0 Å². The number of nitrogens with zero attached hydrogens (tertiary/aromatic N) is 2. The standard InChI is InChI=1S/C16H13ClN2O/c1-11-8-12(9-17)10-19-16(11)20-14-6-2-4-13-5-3-7-18-15(13)14/h2-8,10H,9H2,1H3. The number of alkyl halides is 1. The van der Waals surface area contributed by atoms with E-state index in [1.54, 1.807) is 12.4 Å². The summed E-state index contributed by atoms with van der Waals surface area (Å²) in [6.07, 6.45) is 3.49. The van der Waals surface area contributed by atoms with Crippen LogP contribution < -0.4 is 4.74 Å². The molecule has 3 nitrogen and oxygen atoms in total. The SMILES string of the molecule is Cc1cc(CCl)cnc1Oc1cccc2cccnc12. The second-order valence-electron chi connectivity index (χ2n) is 4.53. The molecule has 0 aliphatic carbocycles. The first-order valence-electron chi connectivity index (χ1n) is 6.31. The summed E-state index contributed by atoms with van der Waals surface area (Å²) in [6.45, 7) is 1.96. The molecule has 0 unspecified atom stereocenters. The summed E-state index contributed by atoms with van der Waals surface area (Å²) in [5, 5.41) is 1.04. The number of halogens is 1. The van der Waals surface area contributed by atoms with Crippen LogP contribution >= 0.6 is 11.6 Å². The normalized spacial score (nSPS) is 10.7. The number of para-hydroxylation sites is 1. The lowest BCUT2D eigenvalue weighted by molar-refractivity contribution is 0.463. The molecular weight excluding hydrogens is 272 g/mol. The number of fused-ring (bicyclic) bond motifs is 1. The molecule has 0 saturated heterocycles. The summed E-state index contributed by atoms with van der Waals surface area (Å²) in [7, 11) is 0. The number of aromatic nitrogens is 2. The maximum atomic E-state index is 5.91. The molecule has 3 rings (SSSR count). The summed E-state index contributed by atoms with van der Waals surface area (Å²) in [5.41, 5.74) is 2.77. The molecule has 0 aliphatic rings. The minimum atomic E-state index is 0.448. The third-order valence-corrected chi connectivity index (χ3v) is 3.35. The first-order chi connectivity index (χ1) is 9.78. The minimum Gasteiger partial charge on any atom is -0.436 e. The molecule has 3 aromatic rings. The third kappa shape index (κ3) is 2.45. The molecule has 2 heterocycles. The van der Waals surface area contributed by atoms with Gasteiger partial charge in [0.05, 0.1) is 0 Å². The van der Waals surface area contributed by atoms with Gasteiger partial charge >= 0.3 is 0 Å². The zero-order valence-corrected chi connectivity index (χ0v) is 11.8. The van der Waals surface area contributed by atoms with E-state index in [0.717, 1.165) is 22.0 Å². The van der Waals surface area contributed by atoms with Crippen molar-refractivity contribution in [3.05, 3.63) is 59.9 Å². The van der Waals surface area contributed by atoms with Gasteiger partial charge in [0.15, 0.2) is 5.75 Å². The third-order valence-electron chi connectivity index (χ3n) is 3.04. The molecule has 20 heavy (non-hydrogen) atoms. The molecule has 0 aliphatic heterocycles. The minimum absolute atomic E-state index is 0.448. The molecule has 0 saturated carbocycles. The fraction of sp³-hybridized carbons (Fsp3) is 0.125. The predicted molar refractivity (Wildman–Crippen MR) is 80.3 cm³/mol. The molecule has 0 atom stereocenters. The Bertz CT molecular complexity index is 753. The highest BCUT2D eigenvalue weighted by atomic mass is 35.5. The quantitative estimate of drug-likeness (QED) is 0.666. The van der Waals surface area contributed by atoms with Crippen molar-refractivity contribution in [2.45, 2.75) is 12.8 Å². The molecule has 2 aromatic heterocycles. The Morgan fingerprint density at radius 2 is 2.00 bits per heavy atom. The van der Waals surface area contributed by atoms with Gasteiger partial charge < -0.3 is 4.74 Å². The predicted octanol–water partition coefficient (Wildman–Crippen LogP) is 4.47. The Morgan fingerprint density at radius 1 is 1.15 bits per heavy atom. The van der Waals surface area contributed by atoms with E-state index >= 15 is 0 Å². The van der Waals surface area contributed by atoms with Crippen molar-refractivity contribution in [1.82, 2.24) is 9.97 Å². The number of pyridine rings is 2. The molecule has 100 valence electrons. The van der Waals surface area contributed by atoms with Gasteiger partial charge in [-0.05, 0) is 30.7 Å². The van der Waals surface area contributed by atoms with Crippen molar-refractivity contribution in [3.63, 3.8) is 0 Å². The van der Waals surface area contributed by atoms with Crippen molar-refractivity contribution < 1.29 is 4.74 Å². The summed E-state index contributed by atoms with van der Waals surface area (Å²) in [6, 6.07) is 11.7. The monoisotopic (exact) mass is 284 g/mol. The van der Waals surface area contributed by atoms with Gasteiger partial charge in [-0.2, -0.15) is 0 Å². The van der Waals surface area contributed by atoms with Gasteiger partial charge in [0.25, 0.3) is 0 Å². The summed E-state index contributed by atoms with van der Waals surface area (Å²) in [5.74, 6) is 1.73. The van der Waals surface area contributed by atoms with Crippen LogP contribution in [0.2, 0.25) is 0 Å².